The molecule has 2 aromatic rings. The average molecular weight is 426 g/mol. The number of esters is 1. The molecule has 0 saturated heterocycles. The number of carboxylic acids is 2. The molecule has 0 saturated carbocycles. The molecular weight excluding hydrogens is 406 g/mol. The molecule has 0 fully saturated rings. The van der Waals surface area contributed by atoms with Crippen molar-refractivity contribution in [3.05, 3.63) is 56.7 Å². The summed E-state index contributed by atoms with van der Waals surface area (Å²) >= 11 is 8.07. The van der Waals surface area contributed by atoms with Crippen LogP contribution in [0.1, 0.15) is 28.5 Å². The van der Waals surface area contributed by atoms with E-state index in [1.165, 1.54) is 17.6 Å². The monoisotopic (exact) mass is 425 g/mol. The lowest BCUT2D eigenvalue weighted by Gasteiger charge is -2.33. The first-order chi connectivity index (χ1) is 13.3. The zero-order valence-corrected chi connectivity index (χ0v) is 16.7. The van der Waals surface area contributed by atoms with Crippen molar-refractivity contribution in [3.8, 4) is 0 Å². The number of halogens is 1. The molecule has 0 spiro atoms. The topological polar surface area (TPSA) is 104 Å². The quantitative estimate of drug-likeness (QED) is 0.559. The standard InChI is InChI=1S/C16H16ClNO2S.C3H4O4/c1-20-16(19)15(12-4-2-3-5-13(12)17)18-8-6-14-11(10-18)7-9-21-14;4-2(5)1-3(6)7/h2-5,7,9,15H,6,8,10H2,1H3;1H2,(H,4,5)(H,6,7). The summed E-state index contributed by atoms with van der Waals surface area (Å²) in [4.78, 5) is 34.7. The minimum atomic E-state index is -1.31. The van der Waals surface area contributed by atoms with Gasteiger partial charge in [-0.3, -0.25) is 14.5 Å². The van der Waals surface area contributed by atoms with Gasteiger partial charge < -0.3 is 14.9 Å². The smallest absolute Gasteiger partial charge is 0.327 e. The fraction of sp³-hybridized carbons (Fsp3) is 0.316. The van der Waals surface area contributed by atoms with Crippen LogP contribution in [0.3, 0.4) is 0 Å². The van der Waals surface area contributed by atoms with E-state index in [-0.39, 0.29) is 5.97 Å². The minimum Gasteiger partial charge on any atom is -0.481 e. The SMILES string of the molecule is COC(=O)C(c1ccccc1Cl)N1CCc2sccc2C1.O=C(O)CC(=O)O. The van der Waals surface area contributed by atoms with Gasteiger partial charge in [0.05, 0.1) is 7.11 Å². The molecule has 28 heavy (non-hydrogen) atoms. The Labute approximate surface area is 171 Å². The van der Waals surface area contributed by atoms with E-state index >= 15 is 0 Å². The number of carbonyl (C=O) groups is 3. The van der Waals surface area contributed by atoms with E-state index in [9.17, 15) is 14.4 Å². The number of ether oxygens (including phenoxy) is 1. The van der Waals surface area contributed by atoms with Gasteiger partial charge in [-0.15, -0.1) is 11.3 Å². The number of fused-ring (bicyclic) bond motifs is 1. The molecule has 0 bridgehead atoms. The Morgan fingerprint density at radius 1 is 1.21 bits per heavy atom. The third-order valence-corrected chi connectivity index (χ3v) is 5.50. The summed E-state index contributed by atoms with van der Waals surface area (Å²) in [7, 11) is 1.42. The van der Waals surface area contributed by atoms with E-state index in [2.05, 4.69) is 16.3 Å². The summed E-state index contributed by atoms with van der Waals surface area (Å²) in [6.07, 6.45) is 0.158. The van der Waals surface area contributed by atoms with Crippen molar-refractivity contribution in [3.63, 3.8) is 0 Å². The molecule has 1 aliphatic heterocycles. The maximum Gasteiger partial charge on any atom is 0.327 e. The number of methoxy groups -OCH3 is 1. The molecule has 150 valence electrons. The molecule has 0 radical (unpaired) electrons. The Hall–Kier alpha value is -2.42. The van der Waals surface area contributed by atoms with E-state index < -0.39 is 24.4 Å². The fourth-order valence-corrected chi connectivity index (χ4v) is 4.03. The molecule has 1 aromatic heterocycles. The highest BCUT2D eigenvalue weighted by molar-refractivity contribution is 7.10. The number of carboxylic acid groups (broad SMARTS) is 2. The van der Waals surface area contributed by atoms with Crippen molar-refractivity contribution >= 4 is 40.8 Å². The van der Waals surface area contributed by atoms with E-state index in [1.54, 1.807) is 11.3 Å². The van der Waals surface area contributed by atoms with E-state index in [1.807, 2.05) is 24.3 Å². The summed E-state index contributed by atoms with van der Waals surface area (Å²) in [5.74, 6) is -2.89. The number of hydrogen-bond acceptors (Lipinski definition) is 6. The Kier molecular flexibility index (Phi) is 7.98. The minimum absolute atomic E-state index is 0.262. The van der Waals surface area contributed by atoms with E-state index in [0.29, 0.717) is 5.02 Å². The van der Waals surface area contributed by atoms with Gasteiger partial charge in [0.25, 0.3) is 0 Å². The molecule has 1 aromatic carbocycles. The third kappa shape index (κ3) is 5.79. The summed E-state index contributed by atoms with van der Waals surface area (Å²) in [6.45, 7) is 1.59. The van der Waals surface area contributed by atoms with Crippen LogP contribution in [0, 0.1) is 0 Å². The van der Waals surface area contributed by atoms with Gasteiger partial charge in [0.1, 0.15) is 12.5 Å². The van der Waals surface area contributed by atoms with E-state index in [4.69, 9.17) is 26.6 Å². The van der Waals surface area contributed by atoms with Crippen LogP contribution in [-0.4, -0.2) is 46.7 Å². The van der Waals surface area contributed by atoms with Crippen LogP contribution in [0.15, 0.2) is 35.7 Å². The molecule has 1 atom stereocenters. The molecule has 9 heteroatoms. The zero-order valence-electron chi connectivity index (χ0n) is 15.1. The molecule has 3 rings (SSSR count). The predicted octanol–water partition coefficient (Wildman–Crippen LogP) is 3.22. The third-order valence-electron chi connectivity index (χ3n) is 4.13. The average Bonchev–Trinajstić information content (AvgIpc) is 3.10. The second-order valence-corrected chi connectivity index (χ2v) is 7.41. The van der Waals surface area contributed by atoms with Crippen molar-refractivity contribution < 1.29 is 29.3 Å². The highest BCUT2D eigenvalue weighted by atomic mass is 35.5. The number of rotatable bonds is 5. The lowest BCUT2D eigenvalue weighted by atomic mass is 10.0. The van der Waals surface area contributed by atoms with Crippen LogP contribution >= 0.6 is 22.9 Å². The number of hydrogen-bond donors (Lipinski definition) is 2. The highest BCUT2D eigenvalue weighted by Gasteiger charge is 2.32. The van der Waals surface area contributed by atoms with Crippen molar-refractivity contribution in [2.45, 2.75) is 25.4 Å². The van der Waals surface area contributed by atoms with Crippen molar-refractivity contribution in [2.75, 3.05) is 13.7 Å². The zero-order chi connectivity index (χ0) is 20.7. The van der Waals surface area contributed by atoms with Crippen molar-refractivity contribution in [2.24, 2.45) is 0 Å². The first-order valence-corrected chi connectivity index (χ1v) is 9.64. The van der Waals surface area contributed by atoms with Crippen LogP contribution in [0.2, 0.25) is 5.02 Å². The van der Waals surface area contributed by atoms with Gasteiger partial charge in [0.2, 0.25) is 0 Å². The second-order valence-electron chi connectivity index (χ2n) is 6.00. The van der Waals surface area contributed by atoms with Gasteiger partial charge in [-0.25, -0.2) is 4.79 Å². The Balaban J connectivity index is 0.000000345. The van der Waals surface area contributed by atoms with Crippen LogP contribution in [-0.2, 0) is 32.1 Å². The Morgan fingerprint density at radius 2 is 1.89 bits per heavy atom. The van der Waals surface area contributed by atoms with Crippen LogP contribution in [0.4, 0.5) is 0 Å². The Morgan fingerprint density at radius 3 is 2.46 bits per heavy atom. The molecule has 0 amide bonds. The van der Waals surface area contributed by atoms with Gasteiger partial charge in [0, 0.05) is 23.0 Å². The van der Waals surface area contributed by atoms with Gasteiger partial charge in [0.15, 0.2) is 0 Å². The van der Waals surface area contributed by atoms with Gasteiger partial charge in [-0.2, -0.15) is 0 Å². The fourth-order valence-electron chi connectivity index (χ4n) is 2.90. The molecule has 1 aliphatic rings. The summed E-state index contributed by atoms with van der Waals surface area (Å²) in [6, 6.07) is 9.16. The molecule has 0 aliphatic carbocycles. The normalized spacial score (nSPS) is 14.2. The van der Waals surface area contributed by atoms with Crippen molar-refractivity contribution in [1.29, 1.82) is 0 Å². The van der Waals surface area contributed by atoms with E-state index in [0.717, 1.165) is 25.1 Å². The second kappa shape index (κ2) is 10.2. The van der Waals surface area contributed by atoms with Gasteiger partial charge in [-0.1, -0.05) is 29.8 Å². The molecular formula is C19H20ClNO6S. The molecule has 2 heterocycles. The predicted molar refractivity (Wildman–Crippen MR) is 105 cm³/mol. The number of carbonyl (C=O) groups excluding carboxylic acids is 1. The van der Waals surface area contributed by atoms with Crippen LogP contribution in [0.5, 0.6) is 0 Å². The molecule has 2 N–H and O–H groups in total. The number of aliphatic carboxylic acids is 2. The molecule has 1 unspecified atom stereocenters. The van der Waals surface area contributed by atoms with Crippen LogP contribution < -0.4 is 0 Å². The summed E-state index contributed by atoms with van der Waals surface area (Å²) < 4.78 is 5.01. The summed E-state index contributed by atoms with van der Waals surface area (Å²) in [5.41, 5.74) is 2.11. The number of thiophene rings is 1. The molecule has 7 nitrogen and oxygen atoms in total. The Bertz CT molecular complexity index is 840. The van der Waals surface area contributed by atoms with Crippen LogP contribution in [0.25, 0.3) is 0 Å². The number of benzene rings is 1. The maximum atomic E-state index is 12.3. The highest BCUT2D eigenvalue weighted by Crippen LogP contribution is 2.33. The number of nitrogens with zero attached hydrogens (tertiary/aromatic N) is 1. The lowest BCUT2D eigenvalue weighted by Crippen LogP contribution is -2.38. The van der Waals surface area contributed by atoms with Gasteiger partial charge >= 0.3 is 17.9 Å². The summed E-state index contributed by atoms with van der Waals surface area (Å²) in [5, 5.41) is 18.1. The maximum absolute atomic E-state index is 12.3. The lowest BCUT2D eigenvalue weighted by molar-refractivity contribution is -0.148. The van der Waals surface area contributed by atoms with Crippen molar-refractivity contribution in [1.82, 2.24) is 4.90 Å². The first-order valence-electron chi connectivity index (χ1n) is 8.38. The van der Waals surface area contributed by atoms with Gasteiger partial charge in [-0.05, 0) is 35.1 Å². The largest absolute Gasteiger partial charge is 0.481 e. The first kappa shape index (κ1) is 21.9.